The van der Waals surface area contributed by atoms with Crippen LogP contribution in [0.4, 0.5) is 5.82 Å². The quantitative estimate of drug-likeness (QED) is 0.611. The molecule has 4 rings (SSSR count). The van der Waals surface area contributed by atoms with E-state index in [2.05, 4.69) is 5.32 Å². The summed E-state index contributed by atoms with van der Waals surface area (Å²) in [4.78, 5) is 9.80. The van der Waals surface area contributed by atoms with Crippen LogP contribution in [0.3, 0.4) is 0 Å². The van der Waals surface area contributed by atoms with Crippen molar-refractivity contribution in [1.82, 2.24) is 9.97 Å². The van der Waals surface area contributed by atoms with Crippen LogP contribution in [0.2, 0.25) is 10.0 Å². The fourth-order valence-electron chi connectivity index (χ4n) is 4.09. The SMILES string of the molecule is Clc1ccc(-c2nc3c(c(NC4CCCCCC4)n2)CCCC3)cc1Cl. The minimum atomic E-state index is 0.528. The first-order chi connectivity index (χ1) is 12.7. The van der Waals surface area contributed by atoms with Crippen molar-refractivity contribution in [3.63, 3.8) is 0 Å². The molecule has 0 amide bonds. The highest BCUT2D eigenvalue weighted by Gasteiger charge is 2.21. The molecule has 2 aliphatic carbocycles. The van der Waals surface area contributed by atoms with Crippen LogP contribution in [0.1, 0.15) is 62.6 Å². The molecule has 3 nitrogen and oxygen atoms in total. The Hall–Kier alpha value is -1.32. The Balaban J connectivity index is 1.70. The Morgan fingerprint density at radius 1 is 0.846 bits per heavy atom. The van der Waals surface area contributed by atoms with Crippen LogP contribution in [-0.4, -0.2) is 16.0 Å². The number of hydrogen-bond acceptors (Lipinski definition) is 3. The molecule has 138 valence electrons. The van der Waals surface area contributed by atoms with Crippen LogP contribution < -0.4 is 5.32 Å². The zero-order valence-corrected chi connectivity index (χ0v) is 16.5. The van der Waals surface area contributed by atoms with E-state index in [1.165, 1.54) is 62.6 Å². The molecule has 1 aromatic heterocycles. The normalized spacial score (nSPS) is 18.2. The monoisotopic (exact) mass is 389 g/mol. The number of fused-ring (bicyclic) bond motifs is 1. The van der Waals surface area contributed by atoms with E-state index in [1.807, 2.05) is 18.2 Å². The fraction of sp³-hybridized carbons (Fsp3) is 0.524. The maximum Gasteiger partial charge on any atom is 0.161 e. The van der Waals surface area contributed by atoms with Crippen LogP contribution in [0.15, 0.2) is 18.2 Å². The van der Waals surface area contributed by atoms with E-state index in [0.717, 1.165) is 30.0 Å². The maximum absolute atomic E-state index is 6.22. The van der Waals surface area contributed by atoms with Crippen molar-refractivity contribution in [3.8, 4) is 11.4 Å². The van der Waals surface area contributed by atoms with Crippen LogP contribution in [0, 0.1) is 0 Å². The molecule has 0 saturated heterocycles. The van der Waals surface area contributed by atoms with Gasteiger partial charge in [-0.2, -0.15) is 0 Å². The van der Waals surface area contributed by atoms with Gasteiger partial charge in [0.1, 0.15) is 5.82 Å². The predicted octanol–water partition coefficient (Wildman–Crippen LogP) is 6.46. The molecule has 1 fully saturated rings. The number of halogens is 2. The number of anilines is 1. The molecule has 0 bridgehead atoms. The summed E-state index contributed by atoms with van der Waals surface area (Å²) in [5, 5.41) is 4.88. The topological polar surface area (TPSA) is 37.8 Å². The number of rotatable bonds is 3. The van der Waals surface area contributed by atoms with Gasteiger partial charge in [-0.1, -0.05) is 48.9 Å². The van der Waals surface area contributed by atoms with Crippen molar-refractivity contribution >= 4 is 29.0 Å². The zero-order valence-electron chi connectivity index (χ0n) is 15.0. The first-order valence-electron chi connectivity index (χ1n) is 9.82. The maximum atomic E-state index is 6.22. The molecular formula is C21H25Cl2N3. The molecule has 1 heterocycles. The molecule has 1 saturated carbocycles. The summed E-state index contributed by atoms with van der Waals surface area (Å²) >= 11 is 12.3. The van der Waals surface area contributed by atoms with Crippen molar-refractivity contribution < 1.29 is 0 Å². The van der Waals surface area contributed by atoms with Crippen LogP contribution in [-0.2, 0) is 12.8 Å². The lowest BCUT2D eigenvalue weighted by Gasteiger charge is -2.23. The van der Waals surface area contributed by atoms with Gasteiger partial charge in [0, 0.05) is 22.9 Å². The molecule has 1 aromatic carbocycles. The third-order valence-electron chi connectivity index (χ3n) is 5.56. The molecule has 0 atom stereocenters. The van der Waals surface area contributed by atoms with Crippen LogP contribution in [0.5, 0.6) is 0 Å². The fourth-order valence-corrected chi connectivity index (χ4v) is 4.39. The number of nitrogens with one attached hydrogen (secondary N) is 1. The standard InChI is InChI=1S/C21H25Cl2N3/c22-17-12-11-14(13-18(17)23)20-25-19-10-6-5-9-16(19)21(26-20)24-15-7-3-1-2-4-8-15/h11-13,15H,1-10H2,(H,24,25,26). The van der Waals surface area contributed by atoms with Gasteiger partial charge in [-0.15, -0.1) is 0 Å². The largest absolute Gasteiger partial charge is 0.367 e. The highest BCUT2D eigenvalue weighted by Crippen LogP contribution is 2.32. The second-order valence-corrected chi connectivity index (χ2v) is 8.30. The van der Waals surface area contributed by atoms with E-state index in [-0.39, 0.29) is 0 Å². The van der Waals surface area contributed by atoms with Gasteiger partial charge < -0.3 is 5.32 Å². The minimum absolute atomic E-state index is 0.528. The Morgan fingerprint density at radius 3 is 2.38 bits per heavy atom. The lowest BCUT2D eigenvalue weighted by molar-refractivity contribution is 0.610. The number of hydrogen-bond donors (Lipinski definition) is 1. The third-order valence-corrected chi connectivity index (χ3v) is 6.30. The Bertz CT molecular complexity index is 783. The van der Waals surface area contributed by atoms with Crippen molar-refractivity contribution in [1.29, 1.82) is 0 Å². The number of benzene rings is 1. The Labute approximate surface area is 165 Å². The second-order valence-electron chi connectivity index (χ2n) is 7.49. The van der Waals surface area contributed by atoms with E-state index in [9.17, 15) is 0 Å². The summed E-state index contributed by atoms with van der Waals surface area (Å²) in [5.41, 5.74) is 3.45. The lowest BCUT2D eigenvalue weighted by Crippen LogP contribution is -2.22. The summed E-state index contributed by atoms with van der Waals surface area (Å²) in [7, 11) is 0. The molecular weight excluding hydrogens is 365 g/mol. The summed E-state index contributed by atoms with van der Waals surface area (Å²) in [6, 6.07) is 6.17. The average molecular weight is 390 g/mol. The van der Waals surface area contributed by atoms with Gasteiger partial charge in [-0.05, 0) is 56.7 Å². The summed E-state index contributed by atoms with van der Waals surface area (Å²) in [6.45, 7) is 0. The van der Waals surface area contributed by atoms with Gasteiger partial charge in [0.05, 0.1) is 10.0 Å². The van der Waals surface area contributed by atoms with Crippen LogP contribution >= 0.6 is 23.2 Å². The summed E-state index contributed by atoms with van der Waals surface area (Å²) in [6.07, 6.45) is 12.3. The molecule has 0 spiro atoms. The molecule has 1 N–H and O–H groups in total. The molecule has 2 aromatic rings. The van der Waals surface area contributed by atoms with E-state index in [4.69, 9.17) is 33.2 Å². The molecule has 5 heteroatoms. The Kier molecular flexibility index (Phi) is 5.66. The molecule has 2 aliphatic rings. The van der Waals surface area contributed by atoms with E-state index < -0.39 is 0 Å². The smallest absolute Gasteiger partial charge is 0.161 e. The van der Waals surface area contributed by atoms with Gasteiger partial charge in [-0.3, -0.25) is 0 Å². The number of aromatic nitrogens is 2. The highest BCUT2D eigenvalue weighted by molar-refractivity contribution is 6.42. The lowest BCUT2D eigenvalue weighted by atomic mass is 9.95. The van der Waals surface area contributed by atoms with Gasteiger partial charge in [0.2, 0.25) is 0 Å². The number of aryl methyl sites for hydroxylation is 1. The minimum Gasteiger partial charge on any atom is -0.367 e. The highest BCUT2D eigenvalue weighted by atomic mass is 35.5. The molecule has 0 radical (unpaired) electrons. The van der Waals surface area contributed by atoms with Crippen molar-refractivity contribution in [2.45, 2.75) is 70.3 Å². The van der Waals surface area contributed by atoms with Crippen molar-refractivity contribution in [2.75, 3.05) is 5.32 Å². The molecule has 0 aliphatic heterocycles. The number of nitrogens with zero attached hydrogens (tertiary/aromatic N) is 2. The van der Waals surface area contributed by atoms with E-state index >= 15 is 0 Å². The van der Waals surface area contributed by atoms with Crippen molar-refractivity contribution in [2.24, 2.45) is 0 Å². The van der Waals surface area contributed by atoms with E-state index in [1.54, 1.807) is 0 Å². The van der Waals surface area contributed by atoms with Gasteiger partial charge in [0.25, 0.3) is 0 Å². The summed E-state index contributed by atoms with van der Waals surface area (Å²) < 4.78 is 0. The zero-order chi connectivity index (χ0) is 17.9. The first kappa shape index (κ1) is 18.1. The van der Waals surface area contributed by atoms with E-state index in [0.29, 0.717) is 16.1 Å². The van der Waals surface area contributed by atoms with Gasteiger partial charge in [0.15, 0.2) is 5.82 Å². The average Bonchev–Trinajstić information content (AvgIpc) is 2.92. The Morgan fingerprint density at radius 2 is 1.62 bits per heavy atom. The molecule has 26 heavy (non-hydrogen) atoms. The van der Waals surface area contributed by atoms with Crippen molar-refractivity contribution in [3.05, 3.63) is 39.5 Å². The summed E-state index contributed by atoms with van der Waals surface area (Å²) in [5.74, 6) is 1.79. The first-order valence-corrected chi connectivity index (χ1v) is 10.6. The third kappa shape index (κ3) is 3.99. The van der Waals surface area contributed by atoms with Gasteiger partial charge in [-0.25, -0.2) is 9.97 Å². The second kappa shape index (κ2) is 8.14. The van der Waals surface area contributed by atoms with Crippen LogP contribution in [0.25, 0.3) is 11.4 Å². The van der Waals surface area contributed by atoms with Gasteiger partial charge >= 0.3 is 0 Å². The predicted molar refractivity (Wildman–Crippen MR) is 109 cm³/mol. The molecule has 0 unspecified atom stereocenters.